The third-order valence-corrected chi connectivity index (χ3v) is 7.68. The Balaban J connectivity index is 1.21. The molecule has 2 N–H and O–H groups in total. The standard InChI is InChI=1S/C25H31F3N4O3/c26-25(27,28)19-2-1-3-20(15-19)32-12-10-31(11-13-32)9-6-17-4-7-24(8-5-17,23(30)34)35-22(33)21-14-18(21)16-29/h1-3,15,17-18,21H,4-14H2,(H2,30,34). The number of amides is 1. The van der Waals surface area contributed by atoms with Crippen molar-refractivity contribution in [3.63, 3.8) is 0 Å². The summed E-state index contributed by atoms with van der Waals surface area (Å²) in [5.41, 5.74) is 4.30. The molecular formula is C25H31F3N4O3. The van der Waals surface area contributed by atoms with Gasteiger partial charge in [-0.25, -0.2) is 0 Å². The highest BCUT2D eigenvalue weighted by Crippen LogP contribution is 2.42. The lowest BCUT2D eigenvalue weighted by atomic mass is 9.77. The quantitative estimate of drug-likeness (QED) is 0.586. The number of hydrogen-bond donors (Lipinski definition) is 1. The van der Waals surface area contributed by atoms with Crippen LogP contribution in [0.2, 0.25) is 0 Å². The van der Waals surface area contributed by atoms with Crippen molar-refractivity contribution in [2.24, 2.45) is 23.5 Å². The number of halogens is 3. The molecule has 4 rings (SSSR count). The maximum atomic E-state index is 13.0. The first kappa shape index (κ1) is 25.3. The van der Waals surface area contributed by atoms with E-state index in [0.717, 1.165) is 45.0 Å². The van der Waals surface area contributed by atoms with E-state index in [9.17, 15) is 22.8 Å². The van der Waals surface area contributed by atoms with Crippen LogP contribution in [0.25, 0.3) is 0 Å². The first-order chi connectivity index (χ1) is 16.6. The number of anilines is 1. The summed E-state index contributed by atoms with van der Waals surface area (Å²) >= 11 is 0. The predicted molar refractivity (Wildman–Crippen MR) is 122 cm³/mol. The number of nitrogens with two attached hydrogens (primary N) is 1. The zero-order chi connectivity index (χ0) is 25.2. The Hall–Kier alpha value is -2.80. The fourth-order valence-corrected chi connectivity index (χ4v) is 5.17. The first-order valence-electron chi connectivity index (χ1n) is 12.2. The van der Waals surface area contributed by atoms with E-state index in [1.165, 1.54) is 12.1 Å². The third kappa shape index (κ3) is 5.89. The van der Waals surface area contributed by atoms with Crippen molar-refractivity contribution < 1.29 is 27.5 Å². The van der Waals surface area contributed by atoms with Crippen LogP contribution < -0.4 is 10.6 Å². The molecule has 2 unspecified atom stereocenters. The predicted octanol–water partition coefficient (Wildman–Crippen LogP) is 3.33. The number of primary amides is 1. The zero-order valence-corrected chi connectivity index (χ0v) is 19.6. The van der Waals surface area contributed by atoms with Crippen molar-refractivity contribution >= 4 is 17.6 Å². The van der Waals surface area contributed by atoms with E-state index in [4.69, 9.17) is 15.7 Å². The van der Waals surface area contributed by atoms with Crippen molar-refractivity contribution in [3.05, 3.63) is 29.8 Å². The highest BCUT2D eigenvalue weighted by molar-refractivity contribution is 5.87. The highest BCUT2D eigenvalue weighted by Gasteiger charge is 2.50. The molecule has 0 spiro atoms. The summed E-state index contributed by atoms with van der Waals surface area (Å²) in [7, 11) is 0. The molecular weight excluding hydrogens is 461 g/mol. The average molecular weight is 493 g/mol. The Bertz CT molecular complexity index is 977. The van der Waals surface area contributed by atoms with Gasteiger partial charge in [-0.2, -0.15) is 18.4 Å². The molecule has 2 atom stereocenters. The van der Waals surface area contributed by atoms with Crippen molar-refractivity contribution in [2.45, 2.75) is 50.3 Å². The average Bonchev–Trinajstić information content (AvgIpc) is 3.64. The summed E-state index contributed by atoms with van der Waals surface area (Å²) in [5, 5.41) is 8.92. The summed E-state index contributed by atoms with van der Waals surface area (Å²) in [6.07, 6.45) is -0.684. The van der Waals surface area contributed by atoms with E-state index < -0.39 is 35.1 Å². The Labute approximate surface area is 203 Å². The smallest absolute Gasteiger partial charge is 0.416 e. The van der Waals surface area contributed by atoms with Crippen LogP contribution in [0.4, 0.5) is 18.9 Å². The van der Waals surface area contributed by atoms with Crippen molar-refractivity contribution in [3.8, 4) is 6.07 Å². The number of esters is 1. The second-order valence-corrected chi connectivity index (χ2v) is 9.97. The lowest BCUT2D eigenvalue weighted by molar-refractivity contribution is -0.173. The molecule has 1 aromatic rings. The van der Waals surface area contributed by atoms with Crippen LogP contribution in [-0.2, 0) is 20.5 Å². The van der Waals surface area contributed by atoms with Crippen LogP contribution in [0.3, 0.4) is 0 Å². The number of carbonyl (C=O) groups is 2. The van der Waals surface area contributed by atoms with Crippen LogP contribution in [0.15, 0.2) is 24.3 Å². The van der Waals surface area contributed by atoms with Gasteiger partial charge in [-0.05, 0) is 69.2 Å². The minimum Gasteiger partial charge on any atom is -0.449 e. The van der Waals surface area contributed by atoms with E-state index >= 15 is 0 Å². The molecule has 1 amide bonds. The second kappa shape index (κ2) is 10.1. The minimum atomic E-state index is -4.35. The summed E-state index contributed by atoms with van der Waals surface area (Å²) in [5.74, 6) is -1.49. The van der Waals surface area contributed by atoms with Gasteiger partial charge in [0.1, 0.15) is 0 Å². The first-order valence-corrected chi connectivity index (χ1v) is 12.2. The van der Waals surface area contributed by atoms with Crippen molar-refractivity contribution in [1.29, 1.82) is 5.26 Å². The molecule has 35 heavy (non-hydrogen) atoms. The van der Waals surface area contributed by atoms with E-state index in [0.29, 0.717) is 44.0 Å². The molecule has 1 aliphatic heterocycles. The molecule has 0 aromatic heterocycles. The maximum Gasteiger partial charge on any atom is 0.416 e. The van der Waals surface area contributed by atoms with Crippen LogP contribution >= 0.6 is 0 Å². The minimum absolute atomic E-state index is 0.321. The molecule has 1 aromatic carbocycles. The lowest BCUT2D eigenvalue weighted by Crippen LogP contribution is -2.50. The second-order valence-electron chi connectivity index (χ2n) is 9.97. The molecule has 7 nitrogen and oxygen atoms in total. The summed E-state index contributed by atoms with van der Waals surface area (Å²) < 4.78 is 44.6. The van der Waals surface area contributed by atoms with E-state index in [-0.39, 0.29) is 5.92 Å². The fourth-order valence-electron chi connectivity index (χ4n) is 5.17. The molecule has 3 aliphatic rings. The normalized spacial score (nSPS) is 29.3. The molecule has 1 saturated heterocycles. The Morgan fingerprint density at radius 2 is 1.86 bits per heavy atom. The Morgan fingerprint density at radius 3 is 2.43 bits per heavy atom. The molecule has 2 saturated carbocycles. The van der Waals surface area contributed by atoms with E-state index in [1.807, 2.05) is 4.90 Å². The van der Waals surface area contributed by atoms with Crippen LogP contribution in [-0.4, -0.2) is 55.1 Å². The van der Waals surface area contributed by atoms with Gasteiger partial charge in [-0.15, -0.1) is 0 Å². The van der Waals surface area contributed by atoms with Crippen molar-refractivity contribution in [1.82, 2.24) is 4.90 Å². The fraction of sp³-hybridized carbons (Fsp3) is 0.640. The van der Waals surface area contributed by atoms with Crippen LogP contribution in [0.5, 0.6) is 0 Å². The van der Waals surface area contributed by atoms with Gasteiger partial charge < -0.3 is 15.4 Å². The number of nitriles is 1. The monoisotopic (exact) mass is 492 g/mol. The molecule has 3 fully saturated rings. The number of piperazine rings is 1. The van der Waals surface area contributed by atoms with Gasteiger partial charge in [-0.1, -0.05) is 6.07 Å². The van der Waals surface area contributed by atoms with Gasteiger partial charge in [0.05, 0.1) is 23.5 Å². The number of nitrogens with zero attached hydrogens (tertiary/aromatic N) is 3. The number of carbonyl (C=O) groups excluding carboxylic acids is 2. The topological polar surface area (TPSA) is 99.7 Å². The zero-order valence-electron chi connectivity index (χ0n) is 19.6. The van der Waals surface area contributed by atoms with Crippen LogP contribution in [0.1, 0.15) is 44.1 Å². The number of benzene rings is 1. The summed E-state index contributed by atoms with van der Waals surface area (Å²) in [4.78, 5) is 28.8. The molecule has 190 valence electrons. The van der Waals surface area contributed by atoms with Crippen molar-refractivity contribution in [2.75, 3.05) is 37.6 Å². The van der Waals surface area contributed by atoms with Gasteiger partial charge in [0, 0.05) is 31.9 Å². The maximum absolute atomic E-state index is 13.0. The molecule has 10 heteroatoms. The molecule has 0 radical (unpaired) electrons. The third-order valence-electron chi connectivity index (χ3n) is 7.68. The Kier molecular flexibility index (Phi) is 7.27. The summed E-state index contributed by atoms with van der Waals surface area (Å²) in [6, 6.07) is 7.52. The summed E-state index contributed by atoms with van der Waals surface area (Å²) in [6.45, 7) is 3.74. The highest BCUT2D eigenvalue weighted by atomic mass is 19.4. The number of rotatable bonds is 7. The van der Waals surface area contributed by atoms with Gasteiger partial charge in [0.25, 0.3) is 5.91 Å². The van der Waals surface area contributed by atoms with Crippen LogP contribution in [0, 0.1) is 29.1 Å². The van der Waals surface area contributed by atoms with Gasteiger partial charge in [0.2, 0.25) is 0 Å². The molecule has 2 aliphatic carbocycles. The van der Waals surface area contributed by atoms with Gasteiger partial charge in [0.15, 0.2) is 5.60 Å². The Morgan fingerprint density at radius 1 is 1.17 bits per heavy atom. The van der Waals surface area contributed by atoms with Gasteiger partial charge >= 0.3 is 12.1 Å². The van der Waals surface area contributed by atoms with E-state index in [2.05, 4.69) is 11.0 Å². The number of alkyl halides is 3. The number of ether oxygens (including phenoxy) is 1. The number of hydrogen-bond acceptors (Lipinski definition) is 6. The molecule has 0 bridgehead atoms. The van der Waals surface area contributed by atoms with Gasteiger partial charge in [-0.3, -0.25) is 14.5 Å². The SMILES string of the molecule is N#CC1CC1C(=O)OC1(C(N)=O)CCC(CCN2CCN(c3cccc(C(F)(F)F)c3)CC2)CC1. The largest absolute Gasteiger partial charge is 0.449 e. The van der Waals surface area contributed by atoms with E-state index in [1.54, 1.807) is 6.07 Å². The molecule has 1 heterocycles. The lowest BCUT2D eigenvalue weighted by Gasteiger charge is -2.39.